The lowest BCUT2D eigenvalue weighted by atomic mass is 10.1. The normalized spacial score (nSPS) is 13.8. The molecule has 3 aromatic rings. The van der Waals surface area contributed by atoms with Crippen LogP contribution in [-0.2, 0) is 30.1 Å². The zero-order chi connectivity index (χ0) is 19.8. The van der Waals surface area contributed by atoms with Crippen molar-refractivity contribution in [1.82, 2.24) is 14.5 Å². The quantitative estimate of drug-likeness (QED) is 0.479. The summed E-state index contributed by atoms with van der Waals surface area (Å²) in [5.41, 5.74) is 3.64. The number of carbonyl (C=O) groups is 1. The first-order valence-corrected chi connectivity index (χ1v) is 11.3. The van der Waals surface area contributed by atoms with Gasteiger partial charge in [0.05, 0.1) is 11.9 Å². The van der Waals surface area contributed by atoms with Crippen LogP contribution in [0.15, 0.2) is 34.2 Å². The number of aryl methyl sites for hydroxylation is 1. The van der Waals surface area contributed by atoms with Crippen LogP contribution in [0, 0.1) is 6.92 Å². The van der Waals surface area contributed by atoms with Gasteiger partial charge in [0.25, 0.3) is 5.56 Å². The molecule has 1 amide bonds. The second-order valence-corrected chi connectivity index (χ2v) is 9.06. The third kappa shape index (κ3) is 3.37. The summed E-state index contributed by atoms with van der Waals surface area (Å²) in [7, 11) is 0. The Morgan fingerprint density at radius 1 is 1.32 bits per heavy atom. The third-order valence-electron chi connectivity index (χ3n) is 5.30. The number of hydrogen-bond acceptors (Lipinski definition) is 5. The Bertz CT molecular complexity index is 1120. The lowest BCUT2D eigenvalue weighted by molar-refractivity contribution is -0.129. The molecule has 0 unspecified atom stereocenters. The number of rotatable bonds is 4. The van der Waals surface area contributed by atoms with Crippen molar-refractivity contribution in [1.29, 1.82) is 0 Å². The summed E-state index contributed by atoms with van der Waals surface area (Å²) < 4.78 is 1.79. The van der Waals surface area contributed by atoms with Gasteiger partial charge in [0.15, 0.2) is 5.16 Å². The molecule has 0 spiro atoms. The molecule has 4 rings (SSSR count). The molecule has 5 nitrogen and oxygen atoms in total. The maximum Gasteiger partial charge on any atom is 0.263 e. The van der Waals surface area contributed by atoms with Gasteiger partial charge in [-0.1, -0.05) is 36.0 Å². The number of benzene rings is 1. The van der Waals surface area contributed by atoms with E-state index < -0.39 is 0 Å². The van der Waals surface area contributed by atoms with Gasteiger partial charge in [-0.2, -0.15) is 0 Å². The van der Waals surface area contributed by atoms with E-state index in [9.17, 15) is 9.59 Å². The van der Waals surface area contributed by atoms with E-state index in [1.54, 1.807) is 34.6 Å². The number of amides is 1. The van der Waals surface area contributed by atoms with Crippen LogP contribution >= 0.6 is 23.1 Å². The van der Waals surface area contributed by atoms with Crippen molar-refractivity contribution in [3.05, 3.63) is 56.2 Å². The molecule has 1 aromatic carbocycles. The number of hydrogen-bond donors (Lipinski definition) is 0. The monoisotopic (exact) mass is 413 g/mol. The third-order valence-corrected chi connectivity index (χ3v) is 7.44. The van der Waals surface area contributed by atoms with Gasteiger partial charge < -0.3 is 4.90 Å². The van der Waals surface area contributed by atoms with Crippen LogP contribution in [0.4, 0.5) is 0 Å². The van der Waals surface area contributed by atoms with Crippen LogP contribution < -0.4 is 5.56 Å². The fourth-order valence-corrected chi connectivity index (χ4v) is 6.05. The first kappa shape index (κ1) is 19.2. The van der Waals surface area contributed by atoms with E-state index in [0.29, 0.717) is 19.6 Å². The standard InChI is InChI=1S/C21H23N3O2S2/c1-4-24-20(26)18-16-9-10-23(14(3)25)11-17(16)28-19(18)22-21(24)27-12-15-8-6-5-7-13(15)2/h5-8H,4,9-12H2,1-3H3. The van der Waals surface area contributed by atoms with Crippen molar-refractivity contribution in [2.75, 3.05) is 6.54 Å². The topological polar surface area (TPSA) is 55.2 Å². The molecule has 146 valence electrons. The van der Waals surface area contributed by atoms with Crippen molar-refractivity contribution in [2.24, 2.45) is 0 Å². The smallest absolute Gasteiger partial charge is 0.263 e. The van der Waals surface area contributed by atoms with Gasteiger partial charge in [0, 0.05) is 30.6 Å². The average Bonchev–Trinajstić information content (AvgIpc) is 3.05. The lowest BCUT2D eigenvalue weighted by Gasteiger charge is -2.25. The summed E-state index contributed by atoms with van der Waals surface area (Å²) in [5, 5.41) is 1.52. The largest absolute Gasteiger partial charge is 0.337 e. The van der Waals surface area contributed by atoms with Gasteiger partial charge in [-0.3, -0.25) is 14.2 Å². The number of thiophene rings is 1. The maximum absolute atomic E-state index is 13.2. The van der Waals surface area contributed by atoms with Crippen molar-refractivity contribution in [3.63, 3.8) is 0 Å². The summed E-state index contributed by atoms with van der Waals surface area (Å²) in [5.74, 6) is 0.866. The molecule has 3 heterocycles. The number of nitrogens with zero attached hydrogens (tertiary/aromatic N) is 3. The van der Waals surface area contributed by atoms with Gasteiger partial charge in [-0.05, 0) is 37.0 Å². The van der Waals surface area contributed by atoms with Crippen molar-refractivity contribution < 1.29 is 4.79 Å². The predicted octanol–water partition coefficient (Wildman–Crippen LogP) is 3.98. The maximum atomic E-state index is 13.2. The molecule has 0 saturated heterocycles. The number of fused-ring (bicyclic) bond motifs is 3. The first-order valence-electron chi connectivity index (χ1n) is 9.47. The van der Waals surface area contributed by atoms with E-state index in [1.807, 2.05) is 24.0 Å². The molecule has 1 aliphatic heterocycles. The highest BCUT2D eigenvalue weighted by molar-refractivity contribution is 7.98. The Kier molecular flexibility index (Phi) is 5.29. The number of aromatic nitrogens is 2. The molecular formula is C21H23N3O2S2. The van der Waals surface area contributed by atoms with Crippen molar-refractivity contribution in [2.45, 2.75) is 51.2 Å². The molecule has 0 radical (unpaired) electrons. The molecule has 7 heteroatoms. The van der Waals surface area contributed by atoms with E-state index in [1.165, 1.54) is 11.1 Å². The second kappa shape index (κ2) is 7.72. The van der Waals surface area contributed by atoms with Gasteiger partial charge >= 0.3 is 0 Å². The lowest BCUT2D eigenvalue weighted by Crippen LogP contribution is -2.34. The van der Waals surface area contributed by atoms with Crippen LogP contribution in [0.1, 0.15) is 35.4 Å². The Morgan fingerprint density at radius 2 is 2.11 bits per heavy atom. The van der Waals surface area contributed by atoms with E-state index in [4.69, 9.17) is 4.98 Å². The second-order valence-electron chi connectivity index (χ2n) is 7.03. The van der Waals surface area contributed by atoms with E-state index in [0.717, 1.165) is 38.0 Å². The highest BCUT2D eigenvalue weighted by Gasteiger charge is 2.26. The van der Waals surface area contributed by atoms with Crippen LogP contribution in [0.3, 0.4) is 0 Å². The zero-order valence-electron chi connectivity index (χ0n) is 16.3. The average molecular weight is 414 g/mol. The van der Waals surface area contributed by atoms with Crippen molar-refractivity contribution >= 4 is 39.2 Å². The molecule has 2 aromatic heterocycles. The molecule has 28 heavy (non-hydrogen) atoms. The molecular weight excluding hydrogens is 390 g/mol. The Balaban J connectivity index is 1.73. The van der Waals surface area contributed by atoms with Crippen LogP contribution in [-0.4, -0.2) is 26.9 Å². The van der Waals surface area contributed by atoms with E-state index in [2.05, 4.69) is 19.1 Å². The molecule has 0 bridgehead atoms. The first-order chi connectivity index (χ1) is 13.5. The highest BCUT2D eigenvalue weighted by Crippen LogP contribution is 2.34. The van der Waals surface area contributed by atoms with Gasteiger partial charge in [0.1, 0.15) is 4.83 Å². The molecule has 0 fully saturated rings. The fourth-order valence-electron chi connectivity index (χ4n) is 3.63. The Morgan fingerprint density at radius 3 is 2.82 bits per heavy atom. The SMILES string of the molecule is CCn1c(SCc2ccccc2C)nc2sc3c(c2c1=O)CCN(C(C)=O)C3. The molecule has 1 aliphatic rings. The number of thioether (sulfide) groups is 1. The summed E-state index contributed by atoms with van der Waals surface area (Å²) in [6, 6.07) is 8.31. The Labute approximate surface area is 172 Å². The van der Waals surface area contributed by atoms with Gasteiger partial charge in [0.2, 0.25) is 5.91 Å². The fraction of sp³-hybridized carbons (Fsp3) is 0.381. The van der Waals surface area contributed by atoms with Gasteiger partial charge in [-0.25, -0.2) is 4.98 Å². The molecule has 0 aliphatic carbocycles. The summed E-state index contributed by atoms with van der Waals surface area (Å²) in [6.45, 7) is 7.55. The van der Waals surface area contributed by atoms with Crippen LogP contribution in [0.5, 0.6) is 0 Å². The molecule has 0 N–H and O–H groups in total. The summed E-state index contributed by atoms with van der Waals surface area (Å²) >= 11 is 3.17. The van der Waals surface area contributed by atoms with E-state index in [-0.39, 0.29) is 11.5 Å². The van der Waals surface area contributed by atoms with Crippen LogP contribution in [0.2, 0.25) is 0 Å². The number of carbonyl (C=O) groups excluding carboxylic acids is 1. The highest BCUT2D eigenvalue weighted by atomic mass is 32.2. The minimum Gasteiger partial charge on any atom is -0.337 e. The van der Waals surface area contributed by atoms with Crippen LogP contribution in [0.25, 0.3) is 10.2 Å². The Hall–Kier alpha value is -2.12. The van der Waals surface area contributed by atoms with Crippen molar-refractivity contribution in [3.8, 4) is 0 Å². The summed E-state index contributed by atoms with van der Waals surface area (Å²) in [6.07, 6.45) is 0.727. The molecule has 0 atom stereocenters. The minimum atomic E-state index is 0.0496. The van der Waals surface area contributed by atoms with Gasteiger partial charge in [-0.15, -0.1) is 11.3 Å². The summed E-state index contributed by atoms with van der Waals surface area (Å²) in [4.78, 5) is 33.6. The van der Waals surface area contributed by atoms with E-state index >= 15 is 0 Å². The molecule has 0 saturated carbocycles. The zero-order valence-corrected chi connectivity index (χ0v) is 18.0. The predicted molar refractivity (Wildman–Crippen MR) is 115 cm³/mol. The minimum absolute atomic E-state index is 0.0496.